The molecule has 2 atom stereocenters. The second kappa shape index (κ2) is 6.91. The number of amides is 1. The number of carbonyl (C=O) groups is 2. The first-order valence-electron chi connectivity index (χ1n) is 8.31. The normalized spacial score (nSPS) is 17.8. The van der Waals surface area contributed by atoms with Crippen molar-refractivity contribution in [1.82, 2.24) is 10.3 Å². The Hall–Kier alpha value is -2.56. The van der Waals surface area contributed by atoms with Crippen LogP contribution in [0.1, 0.15) is 52.2 Å². The average Bonchev–Trinajstić information content (AvgIpc) is 3.00. The third-order valence-corrected chi connectivity index (χ3v) is 4.81. The molecule has 0 radical (unpaired) electrons. The number of carboxylic acid groups (broad SMARTS) is 1. The number of carboxylic acids is 1. The highest BCUT2D eigenvalue weighted by atomic mass is 16.4. The van der Waals surface area contributed by atoms with E-state index in [1.807, 2.05) is 19.1 Å². The minimum absolute atomic E-state index is 0.170. The molecule has 3 N–H and O–H groups in total. The number of aliphatic carboxylic acids is 1. The summed E-state index contributed by atoms with van der Waals surface area (Å²) in [5, 5.41) is 12.2. The molecule has 2 aromatic rings. The molecule has 0 saturated carbocycles. The van der Waals surface area contributed by atoms with Crippen molar-refractivity contribution in [3.05, 3.63) is 58.9 Å². The number of fused-ring (bicyclic) bond motifs is 1. The third-order valence-electron chi connectivity index (χ3n) is 4.81. The molecule has 0 fully saturated rings. The van der Waals surface area contributed by atoms with Crippen molar-refractivity contribution >= 4 is 11.9 Å². The summed E-state index contributed by atoms with van der Waals surface area (Å²) in [6.45, 7) is 1.82. The fourth-order valence-electron chi connectivity index (χ4n) is 3.53. The molecular formula is C19H22N2O3. The van der Waals surface area contributed by atoms with E-state index >= 15 is 0 Å². The van der Waals surface area contributed by atoms with Crippen molar-refractivity contribution in [2.75, 3.05) is 0 Å². The summed E-state index contributed by atoms with van der Waals surface area (Å²) in [6.07, 6.45) is 6.79. The molecule has 1 aliphatic carbocycles. The highest BCUT2D eigenvalue weighted by Crippen LogP contribution is 2.34. The SMILES string of the molecule is Cc1c[nH]cc1C(=O)NC(CC1CCCc2ccccc21)C(=O)O. The number of H-pyrrole nitrogens is 1. The van der Waals surface area contributed by atoms with Gasteiger partial charge in [-0.1, -0.05) is 24.3 Å². The quantitative estimate of drug-likeness (QED) is 0.790. The lowest BCUT2D eigenvalue weighted by Gasteiger charge is -2.28. The van der Waals surface area contributed by atoms with Crippen LogP contribution in [0.2, 0.25) is 0 Å². The lowest BCUT2D eigenvalue weighted by molar-refractivity contribution is -0.139. The first-order valence-corrected chi connectivity index (χ1v) is 8.31. The number of rotatable bonds is 5. The summed E-state index contributed by atoms with van der Waals surface area (Å²) in [5.41, 5.74) is 3.82. The Balaban J connectivity index is 1.75. The fraction of sp³-hybridized carbons (Fsp3) is 0.368. The average molecular weight is 326 g/mol. The van der Waals surface area contributed by atoms with Gasteiger partial charge in [0.2, 0.25) is 0 Å². The van der Waals surface area contributed by atoms with Crippen LogP contribution in [0.25, 0.3) is 0 Å². The fourth-order valence-corrected chi connectivity index (χ4v) is 3.53. The number of nitrogens with one attached hydrogen (secondary N) is 2. The maximum Gasteiger partial charge on any atom is 0.326 e. The number of benzene rings is 1. The maximum atomic E-state index is 12.3. The molecule has 1 aromatic carbocycles. The predicted octanol–water partition coefficient (Wildman–Crippen LogP) is 3.02. The Bertz CT molecular complexity index is 751. The summed E-state index contributed by atoms with van der Waals surface area (Å²) < 4.78 is 0. The maximum absolute atomic E-state index is 12.3. The number of aryl methyl sites for hydroxylation is 2. The molecule has 3 rings (SSSR count). The van der Waals surface area contributed by atoms with Crippen LogP contribution < -0.4 is 5.32 Å². The smallest absolute Gasteiger partial charge is 0.326 e. The number of aromatic nitrogens is 1. The Morgan fingerprint density at radius 1 is 1.33 bits per heavy atom. The van der Waals surface area contributed by atoms with Crippen LogP contribution in [-0.4, -0.2) is 28.0 Å². The minimum atomic E-state index is -0.986. The lowest BCUT2D eigenvalue weighted by Crippen LogP contribution is -2.42. The topological polar surface area (TPSA) is 82.2 Å². The Kier molecular flexibility index (Phi) is 4.69. The standard InChI is InChI=1S/C19H22N2O3/c1-12-10-20-11-16(12)18(22)21-17(19(23)24)9-14-7-4-6-13-5-2-3-8-15(13)14/h2-3,5,8,10-11,14,17,20H,4,6-7,9H2,1H3,(H,21,22)(H,23,24). The molecule has 0 saturated heterocycles. The van der Waals surface area contributed by atoms with Crippen molar-refractivity contribution in [1.29, 1.82) is 0 Å². The first kappa shape index (κ1) is 16.3. The van der Waals surface area contributed by atoms with E-state index in [1.54, 1.807) is 12.4 Å². The first-order chi connectivity index (χ1) is 11.6. The Morgan fingerprint density at radius 3 is 2.83 bits per heavy atom. The van der Waals surface area contributed by atoms with Crippen molar-refractivity contribution in [3.63, 3.8) is 0 Å². The molecule has 24 heavy (non-hydrogen) atoms. The molecule has 1 aromatic heterocycles. The summed E-state index contributed by atoms with van der Waals surface area (Å²) in [4.78, 5) is 26.9. The number of hydrogen-bond donors (Lipinski definition) is 3. The molecule has 1 aliphatic rings. The van der Waals surface area contributed by atoms with Gasteiger partial charge in [0.05, 0.1) is 5.56 Å². The molecule has 0 bridgehead atoms. The highest BCUT2D eigenvalue weighted by molar-refractivity contribution is 5.97. The monoisotopic (exact) mass is 326 g/mol. The molecule has 0 aliphatic heterocycles. The lowest BCUT2D eigenvalue weighted by atomic mass is 9.79. The van der Waals surface area contributed by atoms with Gasteiger partial charge in [-0.15, -0.1) is 0 Å². The van der Waals surface area contributed by atoms with Gasteiger partial charge in [0.25, 0.3) is 5.91 Å². The van der Waals surface area contributed by atoms with E-state index in [1.165, 1.54) is 11.1 Å². The van der Waals surface area contributed by atoms with Gasteiger partial charge in [0, 0.05) is 12.4 Å². The van der Waals surface area contributed by atoms with E-state index in [0.717, 1.165) is 24.8 Å². The van der Waals surface area contributed by atoms with Crippen LogP contribution in [0.4, 0.5) is 0 Å². The van der Waals surface area contributed by atoms with Gasteiger partial charge >= 0.3 is 5.97 Å². The summed E-state index contributed by atoms with van der Waals surface area (Å²) in [6, 6.07) is 7.32. The van der Waals surface area contributed by atoms with E-state index < -0.39 is 12.0 Å². The zero-order valence-electron chi connectivity index (χ0n) is 13.7. The molecule has 2 unspecified atom stereocenters. The predicted molar refractivity (Wildman–Crippen MR) is 91.2 cm³/mol. The summed E-state index contributed by atoms with van der Waals surface area (Å²) in [5.74, 6) is -1.16. The third kappa shape index (κ3) is 3.35. The molecule has 1 heterocycles. The highest BCUT2D eigenvalue weighted by Gasteiger charge is 2.28. The molecule has 1 amide bonds. The molecule has 126 valence electrons. The van der Waals surface area contributed by atoms with E-state index in [2.05, 4.69) is 22.4 Å². The van der Waals surface area contributed by atoms with E-state index in [9.17, 15) is 14.7 Å². The zero-order chi connectivity index (χ0) is 17.1. The molecule has 0 spiro atoms. The van der Waals surface area contributed by atoms with Gasteiger partial charge in [-0.25, -0.2) is 4.79 Å². The number of hydrogen-bond acceptors (Lipinski definition) is 2. The Morgan fingerprint density at radius 2 is 2.12 bits per heavy atom. The van der Waals surface area contributed by atoms with Gasteiger partial charge in [0.1, 0.15) is 6.04 Å². The van der Waals surface area contributed by atoms with Crippen molar-refractivity contribution in [2.45, 2.75) is 44.6 Å². The second-order valence-electron chi connectivity index (χ2n) is 6.44. The van der Waals surface area contributed by atoms with Crippen LogP contribution in [0.3, 0.4) is 0 Å². The van der Waals surface area contributed by atoms with Gasteiger partial charge in [-0.2, -0.15) is 0 Å². The van der Waals surface area contributed by atoms with E-state index in [0.29, 0.717) is 12.0 Å². The van der Waals surface area contributed by atoms with E-state index in [4.69, 9.17) is 0 Å². The van der Waals surface area contributed by atoms with Gasteiger partial charge in [0.15, 0.2) is 0 Å². The minimum Gasteiger partial charge on any atom is -0.480 e. The molecule has 5 nitrogen and oxygen atoms in total. The van der Waals surface area contributed by atoms with Crippen molar-refractivity contribution in [3.8, 4) is 0 Å². The van der Waals surface area contributed by atoms with Crippen LogP contribution in [0.15, 0.2) is 36.7 Å². The Labute approximate surface area is 141 Å². The molecular weight excluding hydrogens is 304 g/mol. The molecule has 5 heteroatoms. The van der Waals surface area contributed by atoms with Gasteiger partial charge in [-0.05, 0) is 55.2 Å². The number of aromatic amines is 1. The van der Waals surface area contributed by atoms with Gasteiger partial charge < -0.3 is 15.4 Å². The zero-order valence-corrected chi connectivity index (χ0v) is 13.7. The van der Waals surface area contributed by atoms with Crippen LogP contribution in [0, 0.1) is 6.92 Å². The van der Waals surface area contributed by atoms with Crippen LogP contribution in [0.5, 0.6) is 0 Å². The van der Waals surface area contributed by atoms with Crippen molar-refractivity contribution < 1.29 is 14.7 Å². The van der Waals surface area contributed by atoms with Crippen LogP contribution in [-0.2, 0) is 11.2 Å². The van der Waals surface area contributed by atoms with E-state index in [-0.39, 0.29) is 11.8 Å². The van der Waals surface area contributed by atoms with Gasteiger partial charge in [-0.3, -0.25) is 4.79 Å². The van der Waals surface area contributed by atoms with Crippen molar-refractivity contribution in [2.24, 2.45) is 0 Å². The number of carbonyl (C=O) groups excluding carboxylic acids is 1. The summed E-state index contributed by atoms with van der Waals surface area (Å²) >= 11 is 0. The summed E-state index contributed by atoms with van der Waals surface area (Å²) in [7, 11) is 0. The second-order valence-corrected chi connectivity index (χ2v) is 6.44. The largest absolute Gasteiger partial charge is 0.480 e. The van der Waals surface area contributed by atoms with Crippen LogP contribution >= 0.6 is 0 Å².